The fourth-order valence-electron chi connectivity index (χ4n) is 1.30. The van der Waals surface area contributed by atoms with Gasteiger partial charge in [-0.15, -0.1) is 0 Å². The van der Waals surface area contributed by atoms with Gasteiger partial charge in [0.25, 0.3) is 0 Å². The summed E-state index contributed by atoms with van der Waals surface area (Å²) in [5.41, 5.74) is 2.84. The Hall–Kier alpha value is 0.323. The summed E-state index contributed by atoms with van der Waals surface area (Å²) in [7, 11) is 0. The SMILES string of the molecule is Brc1cccc2c1C=C[CH]2[Zr]. The van der Waals surface area contributed by atoms with Crippen molar-refractivity contribution in [3.63, 3.8) is 0 Å². The first-order chi connectivity index (χ1) is 5.29. The van der Waals surface area contributed by atoms with Crippen LogP contribution in [0.4, 0.5) is 0 Å². The summed E-state index contributed by atoms with van der Waals surface area (Å²) >= 11 is 5.10. The van der Waals surface area contributed by atoms with E-state index in [0.717, 1.165) is 0 Å². The van der Waals surface area contributed by atoms with E-state index >= 15 is 0 Å². The van der Waals surface area contributed by atoms with Gasteiger partial charge in [-0.2, -0.15) is 0 Å². The molecule has 11 heavy (non-hydrogen) atoms. The predicted molar refractivity (Wildman–Crippen MR) is 45.9 cm³/mol. The molecule has 0 N–H and O–H groups in total. The summed E-state index contributed by atoms with van der Waals surface area (Å²) in [5.74, 6) is 0. The molecule has 1 aromatic rings. The molecule has 0 nitrogen and oxygen atoms in total. The van der Waals surface area contributed by atoms with Gasteiger partial charge in [-0.25, -0.2) is 0 Å². The molecule has 0 heterocycles. The monoisotopic (exact) mass is 283 g/mol. The Morgan fingerprint density at radius 1 is 1.36 bits per heavy atom. The third kappa shape index (κ3) is 1.31. The van der Waals surface area contributed by atoms with Gasteiger partial charge in [0.2, 0.25) is 0 Å². The first-order valence-corrected chi connectivity index (χ1v) is 5.68. The Kier molecular flexibility index (Phi) is 2.16. The second kappa shape index (κ2) is 2.99. The van der Waals surface area contributed by atoms with E-state index in [1.165, 1.54) is 15.6 Å². The van der Waals surface area contributed by atoms with E-state index in [0.29, 0.717) is 3.63 Å². The fraction of sp³-hybridized carbons (Fsp3) is 0.111. The van der Waals surface area contributed by atoms with Crippen molar-refractivity contribution in [1.82, 2.24) is 0 Å². The van der Waals surface area contributed by atoms with E-state index in [4.69, 9.17) is 0 Å². The standard InChI is InChI=1S/C9H6Br.Zr/c10-9-6-2-4-7-3-1-5-8(7)9;/h1-6H;. The van der Waals surface area contributed by atoms with Crippen LogP contribution in [0.3, 0.4) is 0 Å². The molecule has 1 aliphatic carbocycles. The maximum atomic E-state index is 3.53. The van der Waals surface area contributed by atoms with Crippen LogP contribution in [-0.4, -0.2) is 0 Å². The molecule has 0 bridgehead atoms. The number of fused-ring (bicyclic) bond motifs is 1. The number of allylic oxidation sites excluding steroid dienone is 1. The van der Waals surface area contributed by atoms with Crippen LogP contribution in [0.1, 0.15) is 14.8 Å². The van der Waals surface area contributed by atoms with Gasteiger partial charge in [-0.3, -0.25) is 0 Å². The minimum absolute atomic E-state index is 0.676. The number of benzene rings is 1. The van der Waals surface area contributed by atoms with Gasteiger partial charge in [-0.05, 0) is 0 Å². The summed E-state index contributed by atoms with van der Waals surface area (Å²) in [6.07, 6.45) is 4.48. The van der Waals surface area contributed by atoms with Gasteiger partial charge in [0.1, 0.15) is 0 Å². The molecule has 0 saturated carbocycles. The second-order valence-corrected chi connectivity index (χ2v) is 4.96. The number of hydrogen-bond acceptors (Lipinski definition) is 0. The van der Waals surface area contributed by atoms with Crippen molar-refractivity contribution in [1.29, 1.82) is 0 Å². The Labute approximate surface area is 89.7 Å². The Morgan fingerprint density at radius 3 is 2.91 bits per heavy atom. The van der Waals surface area contributed by atoms with Gasteiger partial charge in [0.05, 0.1) is 0 Å². The van der Waals surface area contributed by atoms with E-state index in [2.05, 4.69) is 46.3 Å². The molecule has 0 amide bonds. The molecule has 53 valence electrons. The Morgan fingerprint density at radius 2 is 2.18 bits per heavy atom. The molecule has 0 saturated heterocycles. The topological polar surface area (TPSA) is 0 Å². The molecule has 1 unspecified atom stereocenters. The van der Waals surface area contributed by atoms with Gasteiger partial charge in [0, 0.05) is 0 Å². The summed E-state index contributed by atoms with van der Waals surface area (Å²) < 4.78 is 1.89. The number of hydrogen-bond donors (Lipinski definition) is 0. The average Bonchev–Trinajstić information content (AvgIpc) is 2.35. The minimum atomic E-state index is 0.676. The molecule has 1 aliphatic rings. The van der Waals surface area contributed by atoms with E-state index in [1.54, 1.807) is 24.7 Å². The van der Waals surface area contributed by atoms with Crippen LogP contribution in [0, 0.1) is 0 Å². The normalized spacial score (nSPS) is 20.2. The zero-order chi connectivity index (χ0) is 7.84. The van der Waals surface area contributed by atoms with Crippen LogP contribution in [0.15, 0.2) is 28.7 Å². The molecular formula is C9H6BrZr. The number of halogens is 1. The molecule has 0 aliphatic heterocycles. The molecule has 1 aromatic carbocycles. The van der Waals surface area contributed by atoms with Crippen molar-refractivity contribution < 1.29 is 24.7 Å². The van der Waals surface area contributed by atoms with Gasteiger partial charge in [-0.1, -0.05) is 0 Å². The van der Waals surface area contributed by atoms with E-state index in [-0.39, 0.29) is 0 Å². The van der Waals surface area contributed by atoms with Crippen LogP contribution in [0.5, 0.6) is 0 Å². The van der Waals surface area contributed by atoms with Crippen molar-refractivity contribution in [2.75, 3.05) is 0 Å². The van der Waals surface area contributed by atoms with Gasteiger partial charge < -0.3 is 0 Å². The summed E-state index contributed by atoms with van der Waals surface area (Å²) in [5, 5.41) is 0. The molecule has 0 spiro atoms. The van der Waals surface area contributed by atoms with Crippen LogP contribution in [0.25, 0.3) is 6.08 Å². The number of rotatable bonds is 0. The van der Waals surface area contributed by atoms with Crippen molar-refractivity contribution >= 4 is 22.0 Å². The molecular weight excluding hydrogens is 279 g/mol. The van der Waals surface area contributed by atoms with E-state index in [1.807, 2.05) is 0 Å². The van der Waals surface area contributed by atoms with Crippen molar-refractivity contribution in [3.8, 4) is 0 Å². The van der Waals surface area contributed by atoms with Crippen LogP contribution in [0.2, 0.25) is 0 Å². The van der Waals surface area contributed by atoms with Crippen LogP contribution in [-0.2, 0) is 24.7 Å². The van der Waals surface area contributed by atoms with Crippen LogP contribution < -0.4 is 0 Å². The molecule has 1 atom stereocenters. The van der Waals surface area contributed by atoms with E-state index < -0.39 is 0 Å². The zero-order valence-corrected chi connectivity index (χ0v) is 9.89. The fourth-order valence-corrected chi connectivity index (χ4v) is 2.67. The second-order valence-electron chi connectivity index (χ2n) is 2.58. The van der Waals surface area contributed by atoms with Gasteiger partial charge in [0.15, 0.2) is 0 Å². The predicted octanol–water partition coefficient (Wildman–Crippen LogP) is 3.06. The third-order valence-corrected chi connectivity index (χ3v) is 3.81. The summed E-state index contributed by atoms with van der Waals surface area (Å²) in [6.45, 7) is 0. The molecule has 0 aromatic heterocycles. The average molecular weight is 285 g/mol. The zero-order valence-electron chi connectivity index (χ0n) is 5.84. The molecule has 2 heteroatoms. The molecule has 2 rings (SSSR count). The summed E-state index contributed by atoms with van der Waals surface area (Å²) in [4.78, 5) is 0. The maximum absolute atomic E-state index is 3.53. The Balaban J connectivity index is 2.65. The quantitative estimate of drug-likeness (QED) is 0.687. The first kappa shape index (κ1) is 7.95. The van der Waals surface area contributed by atoms with Crippen LogP contribution >= 0.6 is 15.9 Å². The Bertz CT molecular complexity index is 317. The van der Waals surface area contributed by atoms with Gasteiger partial charge >= 0.3 is 90.2 Å². The van der Waals surface area contributed by atoms with Crippen molar-refractivity contribution in [2.45, 2.75) is 3.63 Å². The molecule has 0 radical (unpaired) electrons. The van der Waals surface area contributed by atoms with E-state index in [9.17, 15) is 0 Å². The summed E-state index contributed by atoms with van der Waals surface area (Å²) in [6, 6.07) is 6.41. The van der Waals surface area contributed by atoms with Crippen molar-refractivity contribution in [2.24, 2.45) is 0 Å². The third-order valence-electron chi connectivity index (χ3n) is 1.88. The first-order valence-electron chi connectivity index (χ1n) is 3.47. The molecule has 0 fully saturated rings. The van der Waals surface area contributed by atoms with Crippen molar-refractivity contribution in [3.05, 3.63) is 39.9 Å².